The molecule has 1 rings (SSSR count). The van der Waals surface area contributed by atoms with Crippen molar-refractivity contribution in [2.75, 3.05) is 13.7 Å². The van der Waals surface area contributed by atoms with Gasteiger partial charge in [-0.15, -0.1) is 0 Å². The molecular formula is C16H23NO4. The maximum atomic E-state index is 12.6. The van der Waals surface area contributed by atoms with Crippen molar-refractivity contribution in [3.8, 4) is 0 Å². The number of hydrogen-bond donors (Lipinski definition) is 2. The van der Waals surface area contributed by atoms with Crippen LogP contribution in [-0.2, 0) is 9.53 Å². The lowest BCUT2D eigenvalue weighted by Gasteiger charge is -2.19. The van der Waals surface area contributed by atoms with Gasteiger partial charge in [0.15, 0.2) is 5.78 Å². The fraction of sp³-hybridized carbons (Fsp3) is 0.500. The van der Waals surface area contributed by atoms with Crippen LogP contribution in [0, 0.1) is 13.8 Å². The van der Waals surface area contributed by atoms with Gasteiger partial charge in [0.1, 0.15) is 0 Å². The molecule has 0 aromatic heterocycles. The van der Waals surface area contributed by atoms with Crippen molar-refractivity contribution in [1.29, 1.82) is 0 Å². The van der Waals surface area contributed by atoms with Gasteiger partial charge in [-0.2, -0.15) is 0 Å². The van der Waals surface area contributed by atoms with E-state index in [4.69, 9.17) is 0 Å². The molecule has 0 bridgehead atoms. The summed E-state index contributed by atoms with van der Waals surface area (Å²) in [6.45, 7) is 5.62. The maximum absolute atomic E-state index is 12.6. The van der Waals surface area contributed by atoms with Gasteiger partial charge in [0.25, 0.3) is 0 Å². The number of esters is 1. The molecule has 1 aromatic rings. The van der Waals surface area contributed by atoms with E-state index in [1.807, 2.05) is 32.0 Å². The zero-order valence-electron chi connectivity index (χ0n) is 13.0. The molecule has 0 amide bonds. The molecular weight excluding hydrogens is 270 g/mol. The van der Waals surface area contributed by atoms with Crippen molar-refractivity contribution >= 4 is 11.8 Å². The standard InChI is InChI=1S/C16H23NO4/c1-10-5-6-11(2)13(7-10)16(20)14(8-15(19)21-4)17-9-12(3)18/h5-7,12,14,17-18H,8-9H2,1-4H3. The molecule has 5 heteroatoms. The first-order valence-corrected chi connectivity index (χ1v) is 6.95. The first-order chi connectivity index (χ1) is 9.85. The van der Waals surface area contributed by atoms with E-state index in [1.165, 1.54) is 7.11 Å². The minimum Gasteiger partial charge on any atom is -0.469 e. The first-order valence-electron chi connectivity index (χ1n) is 6.95. The summed E-state index contributed by atoms with van der Waals surface area (Å²) in [7, 11) is 1.29. The number of methoxy groups -OCH3 is 1. The van der Waals surface area contributed by atoms with Crippen molar-refractivity contribution in [3.05, 3.63) is 34.9 Å². The van der Waals surface area contributed by atoms with E-state index in [1.54, 1.807) is 6.92 Å². The molecule has 21 heavy (non-hydrogen) atoms. The third-order valence-electron chi connectivity index (χ3n) is 3.23. The van der Waals surface area contributed by atoms with E-state index in [2.05, 4.69) is 10.1 Å². The van der Waals surface area contributed by atoms with E-state index in [9.17, 15) is 14.7 Å². The molecule has 0 heterocycles. The summed E-state index contributed by atoms with van der Waals surface area (Å²) in [5, 5.41) is 12.3. The maximum Gasteiger partial charge on any atom is 0.307 e. The predicted octanol–water partition coefficient (Wildman–Crippen LogP) is 1.39. The van der Waals surface area contributed by atoms with Crippen LogP contribution in [-0.4, -0.2) is 42.7 Å². The van der Waals surface area contributed by atoms with Crippen LogP contribution in [0.15, 0.2) is 18.2 Å². The molecule has 2 N–H and O–H groups in total. The number of ether oxygens (including phenoxy) is 1. The number of carbonyl (C=O) groups excluding carboxylic acids is 2. The molecule has 5 nitrogen and oxygen atoms in total. The average Bonchev–Trinajstić information content (AvgIpc) is 2.44. The van der Waals surface area contributed by atoms with Crippen molar-refractivity contribution in [1.82, 2.24) is 5.32 Å². The Balaban J connectivity index is 2.97. The van der Waals surface area contributed by atoms with Gasteiger partial charge >= 0.3 is 5.97 Å². The molecule has 0 aliphatic carbocycles. The molecule has 0 saturated carbocycles. The number of ketones is 1. The summed E-state index contributed by atoms with van der Waals surface area (Å²) < 4.78 is 4.63. The normalized spacial score (nSPS) is 13.6. The molecule has 0 fully saturated rings. The van der Waals surface area contributed by atoms with Crippen LogP contribution < -0.4 is 5.32 Å². The lowest BCUT2D eigenvalue weighted by Crippen LogP contribution is -2.42. The molecule has 0 aliphatic rings. The van der Waals surface area contributed by atoms with Crippen molar-refractivity contribution in [2.45, 2.75) is 39.3 Å². The summed E-state index contributed by atoms with van der Waals surface area (Å²) in [6, 6.07) is 4.93. The van der Waals surface area contributed by atoms with Crippen LogP contribution in [0.25, 0.3) is 0 Å². The highest BCUT2D eigenvalue weighted by molar-refractivity contribution is 6.03. The van der Waals surface area contributed by atoms with E-state index in [0.29, 0.717) is 5.56 Å². The van der Waals surface area contributed by atoms with Gasteiger partial charge in [-0.1, -0.05) is 17.7 Å². The number of hydrogen-bond acceptors (Lipinski definition) is 5. The van der Waals surface area contributed by atoms with Crippen LogP contribution in [0.1, 0.15) is 34.8 Å². The zero-order chi connectivity index (χ0) is 16.0. The summed E-state index contributed by atoms with van der Waals surface area (Å²) in [5.74, 6) is -0.626. The van der Waals surface area contributed by atoms with Gasteiger partial charge in [0.05, 0.1) is 25.7 Å². The molecule has 116 valence electrons. The third kappa shape index (κ3) is 5.28. The van der Waals surface area contributed by atoms with E-state index in [-0.39, 0.29) is 18.7 Å². The van der Waals surface area contributed by atoms with Gasteiger partial charge in [0.2, 0.25) is 0 Å². The molecule has 0 radical (unpaired) electrons. The van der Waals surface area contributed by atoms with E-state index >= 15 is 0 Å². The number of Topliss-reactive ketones (excluding diaryl/α,β-unsaturated/α-hetero) is 1. The zero-order valence-corrected chi connectivity index (χ0v) is 13.0. The topological polar surface area (TPSA) is 75.6 Å². The largest absolute Gasteiger partial charge is 0.469 e. The summed E-state index contributed by atoms with van der Waals surface area (Å²) in [4.78, 5) is 24.1. The van der Waals surface area contributed by atoms with Crippen molar-refractivity contribution < 1.29 is 19.4 Å². The highest BCUT2D eigenvalue weighted by atomic mass is 16.5. The predicted molar refractivity (Wildman–Crippen MR) is 80.4 cm³/mol. The van der Waals surface area contributed by atoms with Crippen LogP contribution in [0.3, 0.4) is 0 Å². The molecule has 2 unspecified atom stereocenters. The Bertz CT molecular complexity index is 511. The van der Waals surface area contributed by atoms with Crippen molar-refractivity contribution in [2.24, 2.45) is 0 Å². The highest BCUT2D eigenvalue weighted by Crippen LogP contribution is 2.14. The number of aliphatic hydroxyl groups is 1. The number of benzene rings is 1. The second-order valence-corrected chi connectivity index (χ2v) is 5.27. The molecule has 1 aromatic carbocycles. The minimum atomic E-state index is -0.701. The quantitative estimate of drug-likeness (QED) is 0.587. The number of nitrogens with one attached hydrogen (secondary N) is 1. The average molecular weight is 293 g/mol. The fourth-order valence-corrected chi connectivity index (χ4v) is 2.01. The molecule has 0 aliphatic heterocycles. The monoisotopic (exact) mass is 293 g/mol. The van der Waals surface area contributed by atoms with Gasteiger partial charge in [-0.3, -0.25) is 9.59 Å². The van der Waals surface area contributed by atoms with Gasteiger partial charge < -0.3 is 15.2 Å². The Morgan fingerprint density at radius 3 is 2.57 bits per heavy atom. The SMILES string of the molecule is COC(=O)CC(NCC(C)O)C(=O)c1cc(C)ccc1C. The number of carbonyl (C=O) groups is 2. The van der Waals surface area contributed by atoms with Gasteiger partial charge in [-0.25, -0.2) is 0 Å². The Morgan fingerprint density at radius 1 is 1.33 bits per heavy atom. The Morgan fingerprint density at radius 2 is 2.00 bits per heavy atom. The van der Waals surface area contributed by atoms with Crippen LogP contribution in [0.4, 0.5) is 0 Å². The van der Waals surface area contributed by atoms with Crippen LogP contribution in [0.2, 0.25) is 0 Å². The van der Waals surface area contributed by atoms with Crippen LogP contribution >= 0.6 is 0 Å². The second kappa shape index (κ2) is 7.90. The minimum absolute atomic E-state index is 0.0601. The molecule has 0 spiro atoms. The first kappa shape index (κ1) is 17.3. The van der Waals surface area contributed by atoms with Gasteiger partial charge in [0, 0.05) is 12.1 Å². The number of aryl methyl sites for hydroxylation is 2. The number of aliphatic hydroxyl groups excluding tert-OH is 1. The van der Waals surface area contributed by atoms with Crippen LogP contribution in [0.5, 0.6) is 0 Å². The Kier molecular flexibility index (Phi) is 6.52. The molecule has 0 saturated heterocycles. The summed E-state index contributed by atoms with van der Waals surface area (Å²) >= 11 is 0. The second-order valence-electron chi connectivity index (χ2n) is 5.27. The lowest BCUT2D eigenvalue weighted by molar-refractivity contribution is -0.141. The Labute approximate surface area is 125 Å². The summed E-state index contributed by atoms with van der Waals surface area (Å²) in [6.07, 6.45) is -0.660. The Hall–Kier alpha value is -1.72. The third-order valence-corrected chi connectivity index (χ3v) is 3.23. The fourth-order valence-electron chi connectivity index (χ4n) is 2.01. The van der Waals surface area contributed by atoms with E-state index in [0.717, 1.165) is 11.1 Å². The number of rotatable bonds is 7. The lowest BCUT2D eigenvalue weighted by atomic mass is 9.96. The van der Waals surface area contributed by atoms with E-state index < -0.39 is 18.1 Å². The highest BCUT2D eigenvalue weighted by Gasteiger charge is 2.24. The summed E-state index contributed by atoms with van der Waals surface area (Å²) in [5.41, 5.74) is 2.43. The van der Waals surface area contributed by atoms with Gasteiger partial charge in [-0.05, 0) is 32.4 Å². The van der Waals surface area contributed by atoms with Crippen molar-refractivity contribution in [3.63, 3.8) is 0 Å². The smallest absolute Gasteiger partial charge is 0.307 e. The molecule has 2 atom stereocenters.